The van der Waals surface area contributed by atoms with Gasteiger partial charge in [0.1, 0.15) is 11.5 Å². The largest absolute Gasteiger partial charge is 0.460 e. The summed E-state index contributed by atoms with van der Waals surface area (Å²) in [6.45, 7) is 8.23. The summed E-state index contributed by atoms with van der Waals surface area (Å²) in [5, 5.41) is 10.2. The normalized spacial score (nSPS) is 10.8. The summed E-state index contributed by atoms with van der Waals surface area (Å²) in [5.74, 6) is 1.73. The summed E-state index contributed by atoms with van der Waals surface area (Å²) in [4.78, 5) is 13.7. The lowest BCUT2D eigenvalue weighted by Gasteiger charge is -2.18. The number of aromatic nitrogens is 2. The van der Waals surface area contributed by atoms with E-state index in [0.29, 0.717) is 13.1 Å². The summed E-state index contributed by atoms with van der Waals surface area (Å²) in [7, 11) is 0. The zero-order valence-electron chi connectivity index (χ0n) is 12.8. The van der Waals surface area contributed by atoms with E-state index in [9.17, 15) is 4.79 Å². The van der Waals surface area contributed by atoms with E-state index in [0.717, 1.165) is 35.9 Å². The summed E-state index contributed by atoms with van der Waals surface area (Å²) in [6, 6.07) is 3.82. The van der Waals surface area contributed by atoms with Gasteiger partial charge >= 0.3 is 0 Å². The van der Waals surface area contributed by atoms with Crippen LogP contribution in [0.25, 0.3) is 11.5 Å². The van der Waals surface area contributed by atoms with Crippen LogP contribution in [0.2, 0.25) is 0 Å². The molecule has 2 N–H and O–H groups in total. The monoisotopic (exact) mass is 290 g/mol. The first-order valence-corrected chi connectivity index (χ1v) is 7.23. The molecule has 0 radical (unpaired) electrons. The highest BCUT2D eigenvalue weighted by molar-refractivity contribution is 5.78. The summed E-state index contributed by atoms with van der Waals surface area (Å²) in [6.07, 6.45) is 1.75. The third-order valence-corrected chi connectivity index (χ3v) is 3.41. The second-order valence-corrected chi connectivity index (χ2v) is 4.85. The number of rotatable bonds is 7. The van der Waals surface area contributed by atoms with Gasteiger partial charge in [0.2, 0.25) is 5.91 Å². The van der Waals surface area contributed by atoms with Crippen LogP contribution in [0, 0.1) is 6.92 Å². The Bertz CT molecular complexity index is 584. The van der Waals surface area contributed by atoms with E-state index >= 15 is 0 Å². The van der Waals surface area contributed by atoms with Gasteiger partial charge in [-0.3, -0.25) is 9.89 Å². The number of hydrogen-bond acceptors (Lipinski definition) is 4. The second-order valence-electron chi connectivity index (χ2n) is 4.85. The number of aromatic amines is 1. The molecule has 6 nitrogen and oxygen atoms in total. The van der Waals surface area contributed by atoms with Crippen molar-refractivity contribution < 1.29 is 9.21 Å². The molecule has 0 unspecified atom stereocenters. The summed E-state index contributed by atoms with van der Waals surface area (Å²) < 4.78 is 5.59. The van der Waals surface area contributed by atoms with Gasteiger partial charge in [-0.2, -0.15) is 5.10 Å². The van der Waals surface area contributed by atoms with Gasteiger partial charge in [-0.05, 0) is 32.9 Å². The van der Waals surface area contributed by atoms with Crippen LogP contribution in [-0.2, 0) is 11.3 Å². The quantitative estimate of drug-likeness (QED) is 0.817. The maximum atomic E-state index is 11.9. The molecule has 21 heavy (non-hydrogen) atoms. The Morgan fingerprint density at radius 3 is 2.76 bits per heavy atom. The van der Waals surface area contributed by atoms with Crippen LogP contribution in [0.4, 0.5) is 0 Å². The molecule has 0 aliphatic carbocycles. The van der Waals surface area contributed by atoms with Crippen molar-refractivity contribution in [2.24, 2.45) is 0 Å². The van der Waals surface area contributed by atoms with E-state index in [1.807, 2.05) is 32.9 Å². The number of aryl methyl sites for hydroxylation is 1. The number of H-pyrrole nitrogens is 1. The Hall–Kier alpha value is -2.08. The highest BCUT2D eigenvalue weighted by Gasteiger charge is 2.12. The number of nitrogens with one attached hydrogen (secondary N) is 2. The second kappa shape index (κ2) is 7.08. The molecule has 0 aliphatic rings. The Labute approximate surface area is 124 Å². The van der Waals surface area contributed by atoms with E-state index < -0.39 is 0 Å². The molecule has 0 atom stereocenters. The van der Waals surface area contributed by atoms with Crippen molar-refractivity contribution >= 4 is 5.91 Å². The summed E-state index contributed by atoms with van der Waals surface area (Å²) >= 11 is 0. The van der Waals surface area contributed by atoms with Gasteiger partial charge in [0.15, 0.2) is 5.76 Å². The van der Waals surface area contributed by atoms with Crippen molar-refractivity contribution in [2.45, 2.75) is 27.3 Å². The molecule has 6 heteroatoms. The van der Waals surface area contributed by atoms with E-state index in [1.54, 1.807) is 11.1 Å². The minimum Gasteiger partial charge on any atom is -0.460 e. The van der Waals surface area contributed by atoms with Gasteiger partial charge in [-0.15, -0.1) is 0 Å². The average Bonchev–Trinajstić information content (AvgIpc) is 3.09. The summed E-state index contributed by atoms with van der Waals surface area (Å²) in [5.41, 5.74) is 1.84. The molecule has 0 saturated heterocycles. The van der Waals surface area contributed by atoms with Crippen LogP contribution >= 0.6 is 0 Å². The predicted molar refractivity (Wildman–Crippen MR) is 80.7 cm³/mol. The molecule has 0 saturated carbocycles. The Balaban J connectivity index is 1.93. The smallest absolute Gasteiger partial charge is 0.236 e. The molecule has 0 spiro atoms. The van der Waals surface area contributed by atoms with Crippen LogP contribution in [0.1, 0.15) is 25.2 Å². The Morgan fingerprint density at radius 1 is 1.38 bits per heavy atom. The Kier molecular flexibility index (Phi) is 5.16. The molecule has 2 heterocycles. The first kappa shape index (κ1) is 15.3. The molecule has 2 aromatic rings. The van der Waals surface area contributed by atoms with E-state index in [1.165, 1.54) is 0 Å². The van der Waals surface area contributed by atoms with Crippen molar-refractivity contribution in [1.82, 2.24) is 20.4 Å². The third kappa shape index (κ3) is 3.72. The topological polar surface area (TPSA) is 74.2 Å². The highest BCUT2D eigenvalue weighted by Crippen LogP contribution is 2.23. The van der Waals surface area contributed by atoms with Crippen LogP contribution in [0.5, 0.6) is 0 Å². The predicted octanol–water partition coefficient (Wildman–Crippen LogP) is 1.94. The number of carbonyl (C=O) groups is 1. The van der Waals surface area contributed by atoms with Crippen LogP contribution in [0.15, 0.2) is 22.7 Å². The lowest BCUT2D eigenvalue weighted by molar-refractivity contribution is -0.129. The number of furan rings is 1. The first-order valence-electron chi connectivity index (χ1n) is 7.23. The van der Waals surface area contributed by atoms with Gasteiger partial charge in [-0.1, -0.05) is 0 Å². The number of hydrogen-bond donors (Lipinski definition) is 2. The fraction of sp³-hybridized carbons (Fsp3) is 0.467. The third-order valence-electron chi connectivity index (χ3n) is 3.41. The molecular weight excluding hydrogens is 268 g/mol. The molecule has 2 rings (SSSR count). The number of likely N-dealkylation sites (N-methyl/N-ethyl adjacent to an activating group) is 1. The average molecular weight is 290 g/mol. The molecular formula is C15H22N4O2. The molecule has 2 aromatic heterocycles. The maximum Gasteiger partial charge on any atom is 0.236 e. The SMILES string of the molecule is CCN(CC)C(=O)CNCc1cn[nH]c1-c1ccc(C)o1. The van der Waals surface area contributed by atoms with Crippen LogP contribution in [-0.4, -0.2) is 40.6 Å². The number of amides is 1. The molecule has 0 bridgehead atoms. The standard InChI is InChI=1S/C15H22N4O2/c1-4-19(5-2)14(20)10-16-8-12-9-17-18-15(12)13-7-6-11(3)21-13/h6-7,9,16H,4-5,8,10H2,1-3H3,(H,17,18). The molecule has 1 amide bonds. The minimum atomic E-state index is 0.110. The van der Waals surface area contributed by atoms with Gasteiger partial charge in [0, 0.05) is 25.2 Å². The van der Waals surface area contributed by atoms with Crippen molar-refractivity contribution in [3.8, 4) is 11.5 Å². The zero-order chi connectivity index (χ0) is 15.2. The van der Waals surface area contributed by atoms with E-state index in [4.69, 9.17) is 4.42 Å². The fourth-order valence-corrected chi connectivity index (χ4v) is 2.22. The first-order chi connectivity index (χ1) is 10.2. The lowest BCUT2D eigenvalue weighted by atomic mass is 10.2. The van der Waals surface area contributed by atoms with Gasteiger partial charge in [0.25, 0.3) is 0 Å². The van der Waals surface area contributed by atoms with Gasteiger partial charge < -0.3 is 14.6 Å². The molecule has 0 aliphatic heterocycles. The van der Waals surface area contributed by atoms with Crippen LogP contribution < -0.4 is 5.32 Å². The zero-order valence-corrected chi connectivity index (χ0v) is 12.8. The van der Waals surface area contributed by atoms with Crippen molar-refractivity contribution in [2.75, 3.05) is 19.6 Å². The van der Waals surface area contributed by atoms with Gasteiger partial charge in [0.05, 0.1) is 12.7 Å². The number of nitrogens with zero attached hydrogens (tertiary/aromatic N) is 2. The van der Waals surface area contributed by atoms with Gasteiger partial charge in [-0.25, -0.2) is 0 Å². The van der Waals surface area contributed by atoms with E-state index in [-0.39, 0.29) is 5.91 Å². The van der Waals surface area contributed by atoms with Crippen molar-refractivity contribution in [3.05, 3.63) is 29.7 Å². The van der Waals surface area contributed by atoms with E-state index in [2.05, 4.69) is 15.5 Å². The van der Waals surface area contributed by atoms with Crippen molar-refractivity contribution in [3.63, 3.8) is 0 Å². The minimum absolute atomic E-state index is 0.110. The molecule has 114 valence electrons. The maximum absolute atomic E-state index is 11.9. The molecule has 0 aromatic carbocycles. The lowest BCUT2D eigenvalue weighted by Crippen LogP contribution is -2.37. The van der Waals surface area contributed by atoms with Crippen LogP contribution in [0.3, 0.4) is 0 Å². The molecule has 0 fully saturated rings. The fourth-order valence-electron chi connectivity index (χ4n) is 2.22. The number of carbonyl (C=O) groups excluding carboxylic acids is 1. The van der Waals surface area contributed by atoms with Crippen molar-refractivity contribution in [1.29, 1.82) is 0 Å². The highest BCUT2D eigenvalue weighted by atomic mass is 16.3. The Morgan fingerprint density at radius 2 is 2.14 bits per heavy atom.